The van der Waals surface area contributed by atoms with E-state index in [1.54, 1.807) is 24.4 Å². The van der Waals surface area contributed by atoms with Gasteiger partial charge in [0.15, 0.2) is 0 Å². The van der Waals surface area contributed by atoms with Crippen molar-refractivity contribution in [2.45, 2.75) is 19.1 Å². The highest BCUT2D eigenvalue weighted by Gasteiger charge is 2.56. The predicted octanol–water partition coefficient (Wildman–Crippen LogP) is 1.21. The summed E-state index contributed by atoms with van der Waals surface area (Å²) in [4.78, 5) is 35.0. The van der Waals surface area contributed by atoms with Crippen molar-refractivity contribution in [3.63, 3.8) is 0 Å². The van der Waals surface area contributed by atoms with Crippen molar-refractivity contribution in [3.05, 3.63) is 36.3 Å². The molecular weight excluding hydrogens is 417 g/mol. The van der Waals surface area contributed by atoms with Gasteiger partial charge in [-0.25, -0.2) is 14.2 Å². The second-order valence-electron chi connectivity index (χ2n) is 8.40. The molecule has 1 aromatic heterocycles. The minimum Gasteiger partial charge on any atom is -0.442 e. The quantitative estimate of drug-likeness (QED) is 0.611. The van der Waals surface area contributed by atoms with E-state index in [0.29, 0.717) is 35.0 Å². The van der Waals surface area contributed by atoms with Gasteiger partial charge in [-0.15, -0.1) is 0 Å². The van der Waals surface area contributed by atoms with Gasteiger partial charge in [-0.3, -0.25) is 9.69 Å². The molecule has 1 unspecified atom stereocenters. The maximum atomic E-state index is 14.9. The van der Waals surface area contributed by atoms with Crippen molar-refractivity contribution in [2.75, 3.05) is 47.0 Å². The van der Waals surface area contributed by atoms with E-state index in [1.807, 2.05) is 4.90 Å². The number of amides is 2. The molecule has 2 aliphatic heterocycles. The monoisotopic (exact) mass is 441 g/mol. The van der Waals surface area contributed by atoms with E-state index in [2.05, 4.69) is 20.6 Å². The first-order chi connectivity index (χ1) is 15.4. The second kappa shape index (κ2) is 7.81. The fraction of sp³-hybridized carbons (Fsp3) is 0.429. The summed E-state index contributed by atoms with van der Waals surface area (Å²) >= 11 is 0. The molecule has 11 heteroatoms. The Bertz CT molecular complexity index is 1060. The highest BCUT2D eigenvalue weighted by atomic mass is 19.1. The molecular formula is C21H24FN7O3. The zero-order chi connectivity index (χ0) is 22.4. The molecule has 1 aromatic carbocycles. The summed E-state index contributed by atoms with van der Waals surface area (Å²) in [5.41, 5.74) is 6.65. The number of nitrogens with one attached hydrogen (secondary N) is 2. The van der Waals surface area contributed by atoms with Crippen LogP contribution in [0.25, 0.3) is 0 Å². The highest BCUT2D eigenvalue weighted by Crippen LogP contribution is 2.48. The predicted molar refractivity (Wildman–Crippen MR) is 116 cm³/mol. The Balaban J connectivity index is 1.19. The number of halogens is 1. The lowest BCUT2D eigenvalue weighted by Crippen LogP contribution is -2.33. The van der Waals surface area contributed by atoms with Gasteiger partial charge in [0.1, 0.15) is 17.7 Å². The zero-order valence-electron chi connectivity index (χ0n) is 17.5. The lowest BCUT2D eigenvalue weighted by molar-refractivity contribution is -0.119. The summed E-state index contributed by atoms with van der Waals surface area (Å²) in [6.07, 6.45) is 0.602. The molecule has 10 nitrogen and oxygen atoms in total. The van der Waals surface area contributed by atoms with Crippen LogP contribution in [-0.2, 0) is 9.53 Å². The highest BCUT2D eigenvalue weighted by molar-refractivity contribution is 5.90. The number of carbonyl (C=O) groups is 2. The van der Waals surface area contributed by atoms with Crippen LogP contribution in [0.2, 0.25) is 0 Å². The molecule has 32 heavy (non-hydrogen) atoms. The molecule has 2 aromatic rings. The molecule has 1 aliphatic carbocycles. The minimum atomic E-state index is -0.549. The Labute approximate surface area is 183 Å². The number of hydrogen-bond donors (Lipinski definition) is 3. The first kappa shape index (κ1) is 20.3. The van der Waals surface area contributed by atoms with E-state index in [1.165, 1.54) is 17.9 Å². The van der Waals surface area contributed by atoms with Crippen LogP contribution in [0.4, 0.5) is 32.3 Å². The Hall–Kier alpha value is -3.63. The van der Waals surface area contributed by atoms with E-state index in [0.717, 1.165) is 13.1 Å². The summed E-state index contributed by atoms with van der Waals surface area (Å²) in [7, 11) is 0. The largest absolute Gasteiger partial charge is 0.442 e. The summed E-state index contributed by atoms with van der Waals surface area (Å²) in [5.74, 6) is 1.13. The number of cyclic esters (lactones) is 1. The van der Waals surface area contributed by atoms with E-state index in [-0.39, 0.29) is 30.9 Å². The average molecular weight is 441 g/mol. The zero-order valence-corrected chi connectivity index (χ0v) is 17.5. The maximum Gasteiger partial charge on any atom is 0.414 e. The third kappa shape index (κ3) is 3.85. The minimum absolute atomic E-state index is 0.198. The van der Waals surface area contributed by atoms with Crippen molar-refractivity contribution < 1.29 is 18.7 Å². The molecule has 3 heterocycles. The number of nitrogens with two attached hydrogens (primary N) is 1. The van der Waals surface area contributed by atoms with Gasteiger partial charge in [0.25, 0.3) is 0 Å². The summed E-state index contributed by atoms with van der Waals surface area (Å²) < 4.78 is 20.2. The normalized spacial score (nSPS) is 26.0. The van der Waals surface area contributed by atoms with E-state index >= 15 is 0 Å². The third-order valence-electron chi connectivity index (χ3n) is 6.20. The smallest absolute Gasteiger partial charge is 0.414 e. The van der Waals surface area contributed by atoms with Crippen LogP contribution in [0.5, 0.6) is 0 Å². The number of fused-ring (bicyclic) bond motifs is 1. The molecule has 5 rings (SSSR count). The van der Waals surface area contributed by atoms with E-state index in [4.69, 9.17) is 10.5 Å². The summed E-state index contributed by atoms with van der Waals surface area (Å²) in [5, 5.41) is 5.94. The Morgan fingerprint density at radius 2 is 2.06 bits per heavy atom. The van der Waals surface area contributed by atoms with Gasteiger partial charge in [0.05, 0.1) is 24.5 Å². The summed E-state index contributed by atoms with van der Waals surface area (Å²) in [6.45, 7) is 3.33. The second-order valence-corrected chi connectivity index (χ2v) is 8.40. The van der Waals surface area contributed by atoms with Crippen LogP contribution in [0.1, 0.15) is 6.92 Å². The molecule has 3 aliphatic rings. The van der Waals surface area contributed by atoms with Crippen molar-refractivity contribution in [2.24, 2.45) is 11.8 Å². The van der Waals surface area contributed by atoms with Gasteiger partial charge in [-0.1, -0.05) is 0 Å². The first-order valence-electron chi connectivity index (χ1n) is 10.5. The van der Waals surface area contributed by atoms with Crippen LogP contribution in [0, 0.1) is 17.7 Å². The SMILES string of the molecule is CC(=O)NC[C@H]1CN(c2ccc(N3C[C@@H]4C(Nc5nccc(N)n5)[C@@H]4C3)c(F)c2)C(=O)O1. The number of rotatable bonds is 6. The lowest BCUT2D eigenvalue weighted by atomic mass is 10.2. The van der Waals surface area contributed by atoms with Gasteiger partial charge < -0.3 is 26.0 Å². The van der Waals surface area contributed by atoms with Gasteiger partial charge in [-0.05, 0) is 24.3 Å². The Kier molecular flexibility index (Phi) is 4.95. The number of ether oxygens (including phenoxy) is 1. The molecule has 1 saturated carbocycles. The molecule has 2 saturated heterocycles. The van der Waals surface area contributed by atoms with Crippen LogP contribution < -0.4 is 26.2 Å². The van der Waals surface area contributed by atoms with Crippen LogP contribution in [0.3, 0.4) is 0 Å². The third-order valence-corrected chi connectivity index (χ3v) is 6.20. The van der Waals surface area contributed by atoms with Crippen molar-refractivity contribution >= 4 is 35.1 Å². The van der Waals surface area contributed by atoms with Crippen molar-refractivity contribution in [1.29, 1.82) is 0 Å². The van der Waals surface area contributed by atoms with Crippen molar-refractivity contribution in [3.8, 4) is 0 Å². The molecule has 4 N–H and O–H groups in total. The lowest BCUT2D eigenvalue weighted by Gasteiger charge is -2.24. The Morgan fingerprint density at radius 1 is 1.28 bits per heavy atom. The van der Waals surface area contributed by atoms with E-state index in [9.17, 15) is 14.0 Å². The fourth-order valence-corrected chi connectivity index (χ4v) is 4.54. The number of nitrogens with zero attached hydrogens (tertiary/aromatic N) is 4. The summed E-state index contributed by atoms with van der Waals surface area (Å²) in [6, 6.07) is 6.68. The van der Waals surface area contributed by atoms with Crippen molar-refractivity contribution in [1.82, 2.24) is 15.3 Å². The topological polar surface area (TPSA) is 126 Å². The number of aromatic nitrogens is 2. The van der Waals surface area contributed by atoms with Gasteiger partial charge in [0, 0.05) is 44.1 Å². The van der Waals surface area contributed by atoms with Gasteiger partial charge in [0.2, 0.25) is 11.9 Å². The molecule has 0 radical (unpaired) electrons. The number of anilines is 4. The first-order valence-corrected chi connectivity index (χ1v) is 10.5. The van der Waals surface area contributed by atoms with Crippen LogP contribution >= 0.6 is 0 Å². The molecule has 168 valence electrons. The number of nitrogen functional groups attached to an aromatic ring is 1. The van der Waals surface area contributed by atoms with Crippen LogP contribution in [0.15, 0.2) is 30.5 Å². The molecule has 0 bridgehead atoms. The number of carbonyl (C=O) groups excluding carboxylic acids is 2. The maximum absolute atomic E-state index is 14.9. The average Bonchev–Trinajstić information content (AvgIpc) is 3.07. The number of benzene rings is 1. The Morgan fingerprint density at radius 3 is 2.75 bits per heavy atom. The molecule has 3 fully saturated rings. The fourth-order valence-electron chi connectivity index (χ4n) is 4.54. The number of piperidine rings is 1. The number of hydrogen-bond acceptors (Lipinski definition) is 8. The molecule has 4 atom stereocenters. The van der Waals surface area contributed by atoms with Crippen LogP contribution in [-0.4, -0.2) is 60.3 Å². The molecule has 2 amide bonds. The van der Waals surface area contributed by atoms with Gasteiger partial charge >= 0.3 is 6.09 Å². The van der Waals surface area contributed by atoms with E-state index < -0.39 is 12.2 Å². The standard InChI is InChI=1S/C21H24FN7O3/c1-11(30)25-7-13-8-29(21(31)32-13)12-2-3-17(16(22)6-12)28-9-14-15(10-28)19(14)27-20-24-5-4-18(23)26-20/h2-6,13-15,19H,7-10H2,1H3,(H,25,30)(H3,23,24,26,27)/t13-,14-,15+,19?/m0/s1. The van der Waals surface area contributed by atoms with Gasteiger partial charge in [-0.2, -0.15) is 4.98 Å². The molecule has 0 spiro atoms.